The molecule has 0 spiro atoms. The smallest absolute Gasteiger partial charge is 0.243 e. The molecular formula is C16H24ClN3O3S. The SMILES string of the molecule is Cl.O=C(C1CCN(S(=O)(=O)c2ccccc2)CC1)N1CCNCC1. The number of halogens is 1. The lowest BCUT2D eigenvalue weighted by molar-refractivity contribution is -0.137. The molecule has 134 valence electrons. The molecule has 2 aliphatic rings. The van der Waals surface area contributed by atoms with Gasteiger partial charge in [-0.25, -0.2) is 8.42 Å². The van der Waals surface area contributed by atoms with Crippen molar-refractivity contribution in [2.24, 2.45) is 5.92 Å². The van der Waals surface area contributed by atoms with Gasteiger partial charge in [0.05, 0.1) is 4.90 Å². The maximum absolute atomic E-state index is 12.6. The second-order valence-electron chi connectivity index (χ2n) is 6.07. The number of nitrogens with one attached hydrogen (secondary N) is 1. The molecule has 1 aromatic rings. The summed E-state index contributed by atoms with van der Waals surface area (Å²) in [6.07, 6.45) is 1.21. The molecule has 0 radical (unpaired) electrons. The van der Waals surface area contributed by atoms with Gasteiger partial charge in [-0.15, -0.1) is 12.4 Å². The molecule has 1 N–H and O–H groups in total. The average molecular weight is 374 g/mol. The Kier molecular flexibility index (Phi) is 6.62. The van der Waals surface area contributed by atoms with Gasteiger partial charge in [0.1, 0.15) is 0 Å². The van der Waals surface area contributed by atoms with Gasteiger partial charge < -0.3 is 10.2 Å². The van der Waals surface area contributed by atoms with Crippen LogP contribution in [0.1, 0.15) is 12.8 Å². The van der Waals surface area contributed by atoms with Gasteiger partial charge >= 0.3 is 0 Å². The highest BCUT2D eigenvalue weighted by molar-refractivity contribution is 7.89. The molecule has 0 unspecified atom stereocenters. The predicted molar refractivity (Wildman–Crippen MR) is 94.6 cm³/mol. The molecule has 2 heterocycles. The van der Waals surface area contributed by atoms with E-state index < -0.39 is 10.0 Å². The molecule has 8 heteroatoms. The van der Waals surface area contributed by atoms with Gasteiger partial charge in [0, 0.05) is 45.2 Å². The predicted octanol–water partition coefficient (Wildman–Crippen LogP) is 0.941. The molecule has 1 aromatic carbocycles. The average Bonchev–Trinajstić information content (AvgIpc) is 2.63. The van der Waals surface area contributed by atoms with Crippen LogP contribution in [0.5, 0.6) is 0 Å². The number of carbonyl (C=O) groups excluding carboxylic acids is 1. The van der Waals surface area contributed by atoms with Crippen molar-refractivity contribution in [3.05, 3.63) is 30.3 Å². The molecule has 2 saturated heterocycles. The third-order valence-corrected chi connectivity index (χ3v) is 6.53. The summed E-state index contributed by atoms with van der Waals surface area (Å²) in [6, 6.07) is 8.50. The van der Waals surface area contributed by atoms with Gasteiger partial charge in [0.25, 0.3) is 0 Å². The standard InChI is InChI=1S/C16H23N3O3S.ClH/c20-16(18-12-8-17-9-13-18)14-6-10-19(11-7-14)23(21,22)15-4-2-1-3-5-15;/h1-5,14,17H,6-13H2;1H. The summed E-state index contributed by atoms with van der Waals surface area (Å²) >= 11 is 0. The molecule has 0 bridgehead atoms. The topological polar surface area (TPSA) is 69.7 Å². The Hall–Kier alpha value is -1.15. The Morgan fingerprint density at radius 2 is 1.58 bits per heavy atom. The van der Waals surface area contributed by atoms with Gasteiger partial charge in [-0.05, 0) is 25.0 Å². The van der Waals surface area contributed by atoms with Gasteiger partial charge in [-0.2, -0.15) is 4.31 Å². The van der Waals surface area contributed by atoms with Crippen LogP contribution >= 0.6 is 12.4 Å². The summed E-state index contributed by atoms with van der Waals surface area (Å²) in [5.74, 6) is 0.138. The summed E-state index contributed by atoms with van der Waals surface area (Å²) in [5.41, 5.74) is 0. The van der Waals surface area contributed by atoms with Crippen LogP contribution in [-0.4, -0.2) is 62.8 Å². The van der Waals surface area contributed by atoms with Crippen molar-refractivity contribution >= 4 is 28.3 Å². The fraction of sp³-hybridized carbons (Fsp3) is 0.562. The summed E-state index contributed by atoms with van der Waals surface area (Å²) in [5, 5.41) is 3.24. The lowest BCUT2D eigenvalue weighted by Gasteiger charge is -2.35. The first-order chi connectivity index (χ1) is 11.1. The second kappa shape index (κ2) is 8.29. The van der Waals surface area contributed by atoms with Crippen molar-refractivity contribution in [2.45, 2.75) is 17.7 Å². The van der Waals surface area contributed by atoms with Gasteiger partial charge in [-0.1, -0.05) is 18.2 Å². The van der Waals surface area contributed by atoms with Gasteiger partial charge in [-0.3, -0.25) is 4.79 Å². The zero-order valence-electron chi connectivity index (χ0n) is 13.6. The van der Waals surface area contributed by atoms with E-state index in [0.29, 0.717) is 30.8 Å². The number of carbonyl (C=O) groups is 1. The molecule has 24 heavy (non-hydrogen) atoms. The first kappa shape index (κ1) is 19.2. The first-order valence-electron chi connectivity index (χ1n) is 8.14. The summed E-state index contributed by atoms with van der Waals surface area (Å²) in [6.45, 7) is 4.02. The molecule has 3 rings (SSSR count). The van der Waals surface area contributed by atoms with E-state index in [1.165, 1.54) is 4.31 Å². The number of hydrogen-bond donors (Lipinski definition) is 1. The molecule has 2 aliphatic heterocycles. The van der Waals surface area contributed by atoms with E-state index >= 15 is 0 Å². The van der Waals surface area contributed by atoms with Crippen LogP contribution in [0.15, 0.2) is 35.2 Å². The monoisotopic (exact) mass is 373 g/mol. The van der Waals surface area contributed by atoms with Crippen molar-refractivity contribution in [1.29, 1.82) is 0 Å². The van der Waals surface area contributed by atoms with Crippen LogP contribution in [0.3, 0.4) is 0 Å². The van der Waals surface area contributed by atoms with Crippen LogP contribution in [0.25, 0.3) is 0 Å². The number of sulfonamides is 1. The Balaban J connectivity index is 0.00000208. The van der Waals surface area contributed by atoms with Crippen molar-refractivity contribution in [3.63, 3.8) is 0 Å². The number of rotatable bonds is 3. The fourth-order valence-corrected chi connectivity index (χ4v) is 4.72. The normalized spacial score (nSPS) is 20.4. The van der Waals surface area contributed by atoms with Crippen molar-refractivity contribution in [3.8, 4) is 0 Å². The van der Waals surface area contributed by atoms with Crippen LogP contribution in [-0.2, 0) is 14.8 Å². The quantitative estimate of drug-likeness (QED) is 0.856. The number of benzene rings is 1. The summed E-state index contributed by atoms with van der Waals surface area (Å²) in [4.78, 5) is 14.7. The molecular weight excluding hydrogens is 350 g/mol. The largest absolute Gasteiger partial charge is 0.340 e. The van der Waals surface area contributed by atoms with E-state index in [4.69, 9.17) is 0 Å². The first-order valence-corrected chi connectivity index (χ1v) is 9.58. The van der Waals surface area contributed by atoms with E-state index in [-0.39, 0.29) is 24.2 Å². The zero-order valence-corrected chi connectivity index (χ0v) is 15.2. The van der Waals surface area contributed by atoms with Crippen molar-refractivity contribution < 1.29 is 13.2 Å². The molecule has 1 amide bonds. The van der Waals surface area contributed by atoms with Gasteiger partial charge in [0.15, 0.2) is 0 Å². The van der Waals surface area contributed by atoms with E-state index in [1.54, 1.807) is 30.3 Å². The van der Waals surface area contributed by atoms with E-state index in [9.17, 15) is 13.2 Å². The highest BCUT2D eigenvalue weighted by Crippen LogP contribution is 2.25. The fourth-order valence-electron chi connectivity index (χ4n) is 3.23. The van der Waals surface area contributed by atoms with Crippen molar-refractivity contribution in [1.82, 2.24) is 14.5 Å². The number of hydrogen-bond acceptors (Lipinski definition) is 4. The lowest BCUT2D eigenvalue weighted by atomic mass is 9.96. The number of piperidine rings is 1. The molecule has 0 aliphatic carbocycles. The second-order valence-corrected chi connectivity index (χ2v) is 8.00. The minimum absolute atomic E-state index is 0. The molecule has 0 aromatic heterocycles. The molecule has 6 nitrogen and oxygen atoms in total. The van der Waals surface area contributed by atoms with Gasteiger partial charge in [0.2, 0.25) is 15.9 Å². The third kappa shape index (κ3) is 4.08. The Labute approximate surface area is 149 Å². The van der Waals surface area contributed by atoms with Crippen molar-refractivity contribution in [2.75, 3.05) is 39.3 Å². The number of piperazine rings is 1. The minimum atomic E-state index is -3.44. The molecule has 0 atom stereocenters. The highest BCUT2D eigenvalue weighted by atomic mass is 35.5. The van der Waals surface area contributed by atoms with E-state index in [2.05, 4.69) is 5.32 Å². The maximum Gasteiger partial charge on any atom is 0.243 e. The summed E-state index contributed by atoms with van der Waals surface area (Å²) < 4.78 is 26.7. The Bertz CT molecular complexity index is 640. The van der Waals surface area contributed by atoms with Crippen LogP contribution in [0, 0.1) is 5.92 Å². The number of amides is 1. The zero-order chi connectivity index (χ0) is 16.3. The van der Waals surface area contributed by atoms with Crippen LogP contribution in [0.2, 0.25) is 0 Å². The Morgan fingerprint density at radius 3 is 2.17 bits per heavy atom. The minimum Gasteiger partial charge on any atom is -0.340 e. The highest BCUT2D eigenvalue weighted by Gasteiger charge is 2.33. The third-order valence-electron chi connectivity index (χ3n) is 4.61. The molecule has 2 fully saturated rings. The lowest BCUT2D eigenvalue weighted by Crippen LogP contribution is -2.50. The van der Waals surface area contributed by atoms with E-state index in [1.807, 2.05) is 4.90 Å². The van der Waals surface area contributed by atoms with Crippen LogP contribution < -0.4 is 5.32 Å². The van der Waals surface area contributed by atoms with Crippen LogP contribution in [0.4, 0.5) is 0 Å². The molecule has 0 saturated carbocycles. The summed E-state index contributed by atoms with van der Waals surface area (Å²) in [7, 11) is -3.44. The van der Waals surface area contributed by atoms with E-state index in [0.717, 1.165) is 26.2 Å². The maximum atomic E-state index is 12.6. The Morgan fingerprint density at radius 1 is 1.00 bits per heavy atom. The number of nitrogens with zero attached hydrogens (tertiary/aromatic N) is 2.